The van der Waals surface area contributed by atoms with Crippen molar-refractivity contribution in [3.63, 3.8) is 0 Å². The second-order valence-electron chi connectivity index (χ2n) is 1.07. The molecule has 0 heterocycles. The molecule has 0 saturated heterocycles. The molecule has 0 rings (SSSR count). The summed E-state index contributed by atoms with van der Waals surface area (Å²) in [4.78, 5) is 0. The van der Waals surface area contributed by atoms with Gasteiger partial charge in [-0.25, -0.2) is 8.42 Å². The number of allylic oxidation sites excluding steroid dienone is 2. The van der Waals surface area contributed by atoms with Crippen LogP contribution >= 0.6 is 10.7 Å². The molecule has 0 aliphatic heterocycles. The second kappa shape index (κ2) is 17.8. The average Bonchev–Trinajstić information content (AvgIpc) is 1.89. The van der Waals surface area contributed by atoms with Gasteiger partial charge >= 0.3 is 0 Å². The standard InChI is InChI=1S/C4H4.C2H6.CH3ClO2S.Y/c1-3-4-2;1-2;1-5(2,3)4;/h1-4H;1-2H3;1H3;/q-2;;;. The Morgan fingerprint density at radius 1 is 1.17 bits per heavy atom. The molecule has 0 unspecified atom stereocenters. The molecule has 0 aliphatic carbocycles. The summed E-state index contributed by atoms with van der Waals surface area (Å²) in [5, 5.41) is 0. The third kappa shape index (κ3) is 314. The predicted octanol–water partition coefficient (Wildman–Crippen LogP) is 2.17. The van der Waals surface area contributed by atoms with Crippen LogP contribution in [0, 0.1) is 13.2 Å². The van der Waals surface area contributed by atoms with E-state index in [4.69, 9.17) is 13.2 Å². The Kier molecular flexibility index (Phi) is 34.1. The Balaban J connectivity index is -0.0000000419. The molecule has 0 aliphatic rings. The summed E-state index contributed by atoms with van der Waals surface area (Å²) < 4.78 is 18.8. The Labute approximate surface area is 105 Å². The van der Waals surface area contributed by atoms with Gasteiger partial charge in [0.2, 0.25) is 9.05 Å². The summed E-state index contributed by atoms with van der Waals surface area (Å²) >= 11 is 0. The molecule has 0 amide bonds. The summed E-state index contributed by atoms with van der Waals surface area (Å²) in [6, 6.07) is 0. The minimum Gasteiger partial charge on any atom is -0.394 e. The topological polar surface area (TPSA) is 34.1 Å². The van der Waals surface area contributed by atoms with Crippen LogP contribution in [0.2, 0.25) is 0 Å². The van der Waals surface area contributed by atoms with Crippen LogP contribution in [0.15, 0.2) is 12.2 Å². The van der Waals surface area contributed by atoms with Gasteiger partial charge in [0.15, 0.2) is 0 Å². The van der Waals surface area contributed by atoms with E-state index in [9.17, 15) is 8.42 Å². The zero-order valence-corrected chi connectivity index (χ0v) is 11.9. The maximum Gasteiger partial charge on any atom is 0.229 e. The van der Waals surface area contributed by atoms with Crippen LogP contribution < -0.4 is 0 Å². The summed E-state index contributed by atoms with van der Waals surface area (Å²) in [7, 11) is 1.31. The van der Waals surface area contributed by atoms with Crippen molar-refractivity contribution < 1.29 is 41.1 Å². The van der Waals surface area contributed by atoms with Gasteiger partial charge in [-0.3, -0.25) is 0 Å². The molecule has 71 valence electrons. The molecule has 0 aromatic carbocycles. The Morgan fingerprint density at radius 2 is 1.25 bits per heavy atom. The van der Waals surface area contributed by atoms with Crippen molar-refractivity contribution in [3.8, 4) is 0 Å². The fourth-order valence-electron chi connectivity index (χ4n) is 0. The molecule has 0 bridgehead atoms. The molecular formula is C7H13ClO2SY-2. The Morgan fingerprint density at radius 3 is 1.25 bits per heavy atom. The molecule has 0 atom stereocenters. The molecule has 0 N–H and O–H groups in total. The van der Waals surface area contributed by atoms with Gasteiger partial charge in [0, 0.05) is 43.4 Å². The molecule has 0 aromatic rings. The number of hydrogen-bond acceptors (Lipinski definition) is 2. The molecule has 0 saturated carbocycles. The van der Waals surface area contributed by atoms with Crippen molar-refractivity contribution in [1.29, 1.82) is 0 Å². The SMILES string of the molecule is CC.CS(=O)(=O)Cl.[CH-]=CC=[CH-].[Y]. The first-order valence-corrected chi connectivity index (χ1v) is 5.61. The average molecular weight is 286 g/mol. The van der Waals surface area contributed by atoms with E-state index in [2.05, 4.69) is 10.7 Å². The van der Waals surface area contributed by atoms with Gasteiger partial charge in [-0.05, 0) is 0 Å². The first-order chi connectivity index (χ1) is 4.91. The van der Waals surface area contributed by atoms with E-state index in [1.165, 1.54) is 12.2 Å². The smallest absolute Gasteiger partial charge is 0.229 e. The van der Waals surface area contributed by atoms with E-state index in [-0.39, 0.29) is 32.7 Å². The van der Waals surface area contributed by atoms with E-state index in [1.807, 2.05) is 13.8 Å². The minimum atomic E-state index is -3.19. The molecule has 1 radical (unpaired) electrons. The second-order valence-corrected chi connectivity index (χ2v) is 4.11. The maximum atomic E-state index is 9.40. The number of hydrogen-bond donors (Lipinski definition) is 0. The van der Waals surface area contributed by atoms with Gasteiger partial charge in [0.1, 0.15) is 0 Å². The molecule has 12 heavy (non-hydrogen) atoms. The van der Waals surface area contributed by atoms with Gasteiger partial charge in [-0.15, -0.1) is 0 Å². The van der Waals surface area contributed by atoms with Crippen molar-refractivity contribution in [2.75, 3.05) is 6.26 Å². The van der Waals surface area contributed by atoms with Gasteiger partial charge in [0.25, 0.3) is 0 Å². The van der Waals surface area contributed by atoms with Crippen LogP contribution in [0.1, 0.15) is 13.8 Å². The quantitative estimate of drug-likeness (QED) is 0.420. The summed E-state index contributed by atoms with van der Waals surface area (Å²) in [6.07, 6.45) is 3.48. The van der Waals surface area contributed by atoms with Gasteiger partial charge in [0.05, 0.1) is 6.26 Å². The van der Waals surface area contributed by atoms with Crippen molar-refractivity contribution in [2.24, 2.45) is 0 Å². The van der Waals surface area contributed by atoms with Crippen molar-refractivity contribution in [2.45, 2.75) is 13.8 Å². The van der Waals surface area contributed by atoms with Crippen LogP contribution in [0.3, 0.4) is 0 Å². The number of rotatable bonds is 1. The maximum absolute atomic E-state index is 9.40. The fraction of sp³-hybridized carbons (Fsp3) is 0.429. The summed E-state index contributed by atoms with van der Waals surface area (Å²) in [5.74, 6) is 0. The predicted molar refractivity (Wildman–Crippen MR) is 49.8 cm³/mol. The Bertz CT molecular complexity index is 162. The van der Waals surface area contributed by atoms with E-state index in [0.717, 1.165) is 6.26 Å². The summed E-state index contributed by atoms with van der Waals surface area (Å²) in [6.45, 7) is 13.4. The summed E-state index contributed by atoms with van der Waals surface area (Å²) in [5.41, 5.74) is 0. The Hall–Kier alpha value is 0.824. The molecular weight excluding hydrogens is 273 g/mol. The van der Waals surface area contributed by atoms with Gasteiger partial charge in [-0.2, -0.15) is 0 Å². The monoisotopic (exact) mass is 285 g/mol. The third-order valence-electron chi connectivity index (χ3n) is 0.111. The fourth-order valence-corrected chi connectivity index (χ4v) is 0. The van der Waals surface area contributed by atoms with Gasteiger partial charge in [-0.1, -0.05) is 13.8 Å². The van der Waals surface area contributed by atoms with Crippen molar-refractivity contribution in [1.82, 2.24) is 0 Å². The zero-order chi connectivity index (χ0) is 9.91. The van der Waals surface area contributed by atoms with Crippen molar-refractivity contribution in [3.05, 3.63) is 25.3 Å². The first kappa shape index (κ1) is 23.0. The largest absolute Gasteiger partial charge is 0.394 e. The van der Waals surface area contributed by atoms with Crippen LogP contribution in [-0.4, -0.2) is 14.7 Å². The van der Waals surface area contributed by atoms with E-state index in [0.29, 0.717) is 0 Å². The first-order valence-electron chi connectivity index (χ1n) is 2.90. The number of halogens is 1. The van der Waals surface area contributed by atoms with Crippen LogP contribution in [0.4, 0.5) is 0 Å². The van der Waals surface area contributed by atoms with Crippen molar-refractivity contribution >= 4 is 19.7 Å². The van der Waals surface area contributed by atoms with Crippen LogP contribution in [0.5, 0.6) is 0 Å². The molecule has 0 aromatic heterocycles. The van der Waals surface area contributed by atoms with E-state index >= 15 is 0 Å². The molecule has 2 nitrogen and oxygen atoms in total. The minimum absolute atomic E-state index is 0. The normalized spacial score (nSPS) is 7.00. The zero-order valence-electron chi connectivity index (χ0n) is 7.49. The van der Waals surface area contributed by atoms with Crippen LogP contribution in [-0.2, 0) is 41.8 Å². The van der Waals surface area contributed by atoms with Gasteiger partial charge < -0.3 is 25.3 Å². The third-order valence-corrected chi connectivity index (χ3v) is 0.111. The van der Waals surface area contributed by atoms with E-state index < -0.39 is 9.05 Å². The molecule has 0 fully saturated rings. The molecule has 5 heteroatoms. The van der Waals surface area contributed by atoms with E-state index in [1.54, 1.807) is 0 Å². The molecule has 0 spiro atoms. The van der Waals surface area contributed by atoms with Crippen LogP contribution in [0.25, 0.3) is 0 Å².